The molecule has 2 aromatic rings. The summed E-state index contributed by atoms with van der Waals surface area (Å²) >= 11 is 6.19. The second kappa shape index (κ2) is 7.58. The Bertz CT molecular complexity index is 559. The van der Waals surface area contributed by atoms with Crippen molar-refractivity contribution in [2.45, 2.75) is 26.3 Å². The van der Waals surface area contributed by atoms with E-state index in [0.717, 1.165) is 47.4 Å². The second-order valence-electron chi connectivity index (χ2n) is 5.02. The number of pyridine rings is 1. The van der Waals surface area contributed by atoms with Gasteiger partial charge in [-0.3, -0.25) is 4.98 Å². The van der Waals surface area contributed by atoms with Crippen LogP contribution in [-0.4, -0.2) is 23.2 Å². The predicted octanol–water partition coefficient (Wildman–Crippen LogP) is 3.39. The first kappa shape index (κ1) is 15.2. The summed E-state index contributed by atoms with van der Waals surface area (Å²) in [6.45, 7) is 4.09. The van der Waals surface area contributed by atoms with Gasteiger partial charge in [0, 0.05) is 29.8 Å². The third-order valence-corrected chi connectivity index (χ3v) is 3.99. The van der Waals surface area contributed by atoms with Crippen LogP contribution in [0.25, 0.3) is 10.9 Å². The van der Waals surface area contributed by atoms with Gasteiger partial charge >= 0.3 is 0 Å². The highest BCUT2D eigenvalue weighted by Gasteiger charge is 2.08. The molecule has 0 fully saturated rings. The summed E-state index contributed by atoms with van der Waals surface area (Å²) in [6.07, 6.45) is 3.72. The van der Waals surface area contributed by atoms with Crippen molar-refractivity contribution < 1.29 is 5.11 Å². The summed E-state index contributed by atoms with van der Waals surface area (Å²) in [5.74, 6) is 0.520. The minimum Gasteiger partial charge on any atom is -0.396 e. The molecule has 1 aromatic heterocycles. The number of aromatic nitrogens is 1. The van der Waals surface area contributed by atoms with Gasteiger partial charge in [0.25, 0.3) is 0 Å². The van der Waals surface area contributed by atoms with Gasteiger partial charge < -0.3 is 10.4 Å². The zero-order valence-electron chi connectivity index (χ0n) is 11.8. The molecule has 0 aliphatic carbocycles. The Morgan fingerprint density at radius 1 is 1.35 bits per heavy atom. The van der Waals surface area contributed by atoms with Crippen LogP contribution >= 0.6 is 11.6 Å². The van der Waals surface area contributed by atoms with Crippen LogP contribution in [-0.2, 0) is 6.54 Å². The van der Waals surface area contributed by atoms with Crippen molar-refractivity contribution >= 4 is 22.5 Å². The molecule has 0 amide bonds. The van der Waals surface area contributed by atoms with Crippen LogP contribution in [0.15, 0.2) is 30.5 Å². The Hall–Kier alpha value is -1.16. The van der Waals surface area contributed by atoms with Gasteiger partial charge in [-0.1, -0.05) is 31.0 Å². The molecule has 0 aliphatic heterocycles. The van der Waals surface area contributed by atoms with Crippen molar-refractivity contribution in [3.8, 4) is 0 Å². The number of hydrogen-bond donors (Lipinski definition) is 2. The van der Waals surface area contributed by atoms with E-state index in [1.165, 1.54) is 0 Å². The average Bonchev–Trinajstić information content (AvgIpc) is 2.49. The molecule has 20 heavy (non-hydrogen) atoms. The highest BCUT2D eigenvalue weighted by molar-refractivity contribution is 6.35. The third kappa shape index (κ3) is 3.69. The first-order valence-electron chi connectivity index (χ1n) is 7.10. The first-order valence-corrected chi connectivity index (χ1v) is 7.47. The quantitative estimate of drug-likeness (QED) is 0.822. The lowest BCUT2D eigenvalue weighted by Gasteiger charge is -2.15. The van der Waals surface area contributed by atoms with Crippen LogP contribution in [0.1, 0.15) is 25.3 Å². The van der Waals surface area contributed by atoms with Crippen LogP contribution in [0.2, 0.25) is 5.02 Å². The maximum atomic E-state index is 9.00. The van der Waals surface area contributed by atoms with Crippen molar-refractivity contribution in [2.75, 3.05) is 13.2 Å². The summed E-state index contributed by atoms with van der Waals surface area (Å²) in [6, 6.07) is 7.85. The molecule has 0 saturated heterocycles. The summed E-state index contributed by atoms with van der Waals surface area (Å²) in [5, 5.41) is 14.2. The van der Waals surface area contributed by atoms with Gasteiger partial charge in [-0.2, -0.15) is 0 Å². The van der Waals surface area contributed by atoms with Gasteiger partial charge in [0.15, 0.2) is 0 Å². The molecule has 2 N–H and O–H groups in total. The molecule has 0 spiro atoms. The molecule has 108 valence electrons. The molecule has 4 heteroatoms. The van der Waals surface area contributed by atoms with Crippen molar-refractivity contribution in [2.24, 2.45) is 5.92 Å². The van der Waals surface area contributed by atoms with Crippen molar-refractivity contribution in [1.82, 2.24) is 10.3 Å². The predicted molar refractivity (Wildman–Crippen MR) is 83.9 cm³/mol. The zero-order valence-corrected chi connectivity index (χ0v) is 12.5. The molecule has 3 nitrogen and oxygen atoms in total. The molecular weight excluding hydrogens is 272 g/mol. The minimum absolute atomic E-state index is 0.256. The van der Waals surface area contributed by atoms with Crippen molar-refractivity contribution in [3.05, 3.63) is 41.0 Å². The molecular formula is C16H21ClN2O. The van der Waals surface area contributed by atoms with Gasteiger partial charge in [0.2, 0.25) is 0 Å². The van der Waals surface area contributed by atoms with Gasteiger partial charge in [-0.25, -0.2) is 0 Å². The molecule has 0 radical (unpaired) electrons. The van der Waals surface area contributed by atoms with E-state index < -0.39 is 0 Å². The molecule has 1 aromatic carbocycles. The number of rotatable bonds is 7. The Kier molecular flexibility index (Phi) is 5.77. The molecule has 1 heterocycles. The number of fused-ring (bicyclic) bond motifs is 1. The summed E-state index contributed by atoms with van der Waals surface area (Å²) in [4.78, 5) is 4.43. The minimum atomic E-state index is 0.256. The summed E-state index contributed by atoms with van der Waals surface area (Å²) in [5.41, 5.74) is 2.12. The topological polar surface area (TPSA) is 45.1 Å². The van der Waals surface area contributed by atoms with E-state index in [1.807, 2.05) is 24.3 Å². The normalized spacial score (nSPS) is 12.8. The van der Waals surface area contributed by atoms with Crippen molar-refractivity contribution in [1.29, 1.82) is 0 Å². The van der Waals surface area contributed by atoms with E-state index in [0.29, 0.717) is 5.92 Å². The van der Waals surface area contributed by atoms with Crippen LogP contribution in [0.4, 0.5) is 0 Å². The van der Waals surface area contributed by atoms with Crippen LogP contribution in [0.3, 0.4) is 0 Å². The summed E-state index contributed by atoms with van der Waals surface area (Å²) < 4.78 is 0. The van der Waals surface area contributed by atoms with Crippen LogP contribution in [0.5, 0.6) is 0 Å². The standard InChI is InChI=1S/C16H21ClN2O/c1-2-12(7-9-20)10-18-11-13-5-6-15(17)14-4-3-8-19-16(13)14/h3-6,8,12,18,20H,2,7,9-11H2,1H3. The SMILES string of the molecule is CCC(CCO)CNCc1ccc(Cl)c2cccnc12. The lowest BCUT2D eigenvalue weighted by molar-refractivity contribution is 0.251. The Labute approximate surface area is 125 Å². The fourth-order valence-corrected chi connectivity index (χ4v) is 2.60. The number of nitrogens with zero attached hydrogens (tertiary/aromatic N) is 1. The fraction of sp³-hybridized carbons (Fsp3) is 0.438. The lowest BCUT2D eigenvalue weighted by Crippen LogP contribution is -2.23. The third-order valence-electron chi connectivity index (χ3n) is 3.66. The van der Waals surface area contributed by atoms with E-state index >= 15 is 0 Å². The largest absolute Gasteiger partial charge is 0.396 e. The number of aliphatic hydroxyl groups is 1. The Balaban J connectivity index is 2.05. The number of halogens is 1. The molecule has 1 atom stereocenters. The number of hydrogen-bond acceptors (Lipinski definition) is 3. The Morgan fingerprint density at radius 2 is 2.20 bits per heavy atom. The van der Waals surface area contributed by atoms with E-state index in [1.54, 1.807) is 6.20 Å². The Morgan fingerprint density at radius 3 is 2.95 bits per heavy atom. The smallest absolute Gasteiger partial charge is 0.0761 e. The van der Waals surface area contributed by atoms with Gasteiger partial charge in [-0.05, 0) is 42.6 Å². The van der Waals surface area contributed by atoms with E-state index in [4.69, 9.17) is 16.7 Å². The number of benzene rings is 1. The van der Waals surface area contributed by atoms with Crippen molar-refractivity contribution in [3.63, 3.8) is 0 Å². The molecule has 0 aliphatic rings. The second-order valence-corrected chi connectivity index (χ2v) is 5.43. The molecule has 0 saturated carbocycles. The molecule has 0 bridgehead atoms. The zero-order chi connectivity index (χ0) is 14.4. The highest BCUT2D eigenvalue weighted by Crippen LogP contribution is 2.24. The van der Waals surface area contributed by atoms with Gasteiger partial charge in [0.05, 0.1) is 5.52 Å². The maximum absolute atomic E-state index is 9.00. The lowest BCUT2D eigenvalue weighted by atomic mass is 10.0. The number of aliphatic hydroxyl groups excluding tert-OH is 1. The van der Waals surface area contributed by atoms with E-state index in [-0.39, 0.29) is 6.61 Å². The van der Waals surface area contributed by atoms with Crippen LogP contribution < -0.4 is 5.32 Å². The monoisotopic (exact) mass is 292 g/mol. The summed E-state index contributed by atoms with van der Waals surface area (Å²) in [7, 11) is 0. The first-order chi connectivity index (χ1) is 9.76. The maximum Gasteiger partial charge on any atom is 0.0761 e. The average molecular weight is 293 g/mol. The highest BCUT2D eigenvalue weighted by atomic mass is 35.5. The van der Waals surface area contributed by atoms with Crippen LogP contribution in [0, 0.1) is 5.92 Å². The van der Waals surface area contributed by atoms with E-state index in [2.05, 4.69) is 17.2 Å². The van der Waals surface area contributed by atoms with E-state index in [9.17, 15) is 0 Å². The number of nitrogens with one attached hydrogen (secondary N) is 1. The molecule has 1 unspecified atom stereocenters. The molecule has 2 rings (SSSR count). The fourth-order valence-electron chi connectivity index (χ4n) is 2.38. The van der Waals surface area contributed by atoms with Gasteiger partial charge in [-0.15, -0.1) is 0 Å². The van der Waals surface area contributed by atoms with Gasteiger partial charge in [0.1, 0.15) is 0 Å².